The fourth-order valence-corrected chi connectivity index (χ4v) is 5.39. The Morgan fingerprint density at radius 1 is 1.30 bits per heavy atom. The highest BCUT2D eigenvalue weighted by Crippen LogP contribution is 2.33. The first-order valence-corrected chi connectivity index (χ1v) is 10.8. The van der Waals surface area contributed by atoms with E-state index in [1.165, 1.54) is 4.31 Å². The number of carbonyl (C=O) groups is 1. The zero-order valence-electron chi connectivity index (χ0n) is 16.6. The van der Waals surface area contributed by atoms with Crippen molar-refractivity contribution >= 4 is 34.0 Å². The van der Waals surface area contributed by atoms with E-state index in [-0.39, 0.29) is 29.1 Å². The highest BCUT2D eigenvalue weighted by atomic mass is 35.5. The van der Waals surface area contributed by atoms with Crippen LogP contribution >= 0.6 is 12.4 Å². The minimum absolute atomic E-state index is 0. The number of hydrogen-bond acceptors (Lipinski definition) is 4. The van der Waals surface area contributed by atoms with Crippen molar-refractivity contribution in [3.8, 4) is 0 Å². The second kappa shape index (κ2) is 9.37. The Labute approximate surface area is 169 Å². The first-order chi connectivity index (χ1) is 12.1. The number of rotatable bonds is 6. The van der Waals surface area contributed by atoms with Crippen molar-refractivity contribution in [1.82, 2.24) is 4.31 Å². The average molecular weight is 418 g/mol. The Hall–Kier alpha value is -1.15. The van der Waals surface area contributed by atoms with Crippen LogP contribution in [0.25, 0.3) is 0 Å². The number of aryl methyl sites for hydroxylation is 1. The maximum Gasteiger partial charge on any atom is 0.243 e. The smallest absolute Gasteiger partial charge is 0.243 e. The highest BCUT2D eigenvalue weighted by molar-refractivity contribution is 7.89. The second-order valence-electron chi connectivity index (χ2n) is 7.36. The van der Waals surface area contributed by atoms with Crippen LogP contribution in [0.3, 0.4) is 0 Å². The molecule has 2 atom stereocenters. The Morgan fingerprint density at radius 3 is 2.48 bits per heavy atom. The molecule has 2 unspecified atom stereocenters. The topological polar surface area (TPSA) is 92.5 Å². The standard InChI is InChI=1S/C19H31N3O3S.ClH/c1-5-22(6-2)26(24,25)17-13-15(11-10-14(17)3)21-18(23)16-9-7-8-12-19(16,4)20;/h10-11,13,16H,5-9,12,20H2,1-4H3,(H,21,23);1H. The minimum atomic E-state index is -3.58. The summed E-state index contributed by atoms with van der Waals surface area (Å²) in [5.41, 5.74) is 6.94. The molecular weight excluding hydrogens is 386 g/mol. The SMILES string of the molecule is CCN(CC)S(=O)(=O)c1cc(NC(=O)C2CCCCC2(C)N)ccc1C.Cl. The van der Waals surface area contributed by atoms with E-state index in [1.807, 2.05) is 20.8 Å². The Morgan fingerprint density at radius 2 is 1.93 bits per heavy atom. The van der Waals surface area contributed by atoms with Crippen molar-refractivity contribution in [2.24, 2.45) is 11.7 Å². The zero-order chi connectivity index (χ0) is 19.5. The van der Waals surface area contributed by atoms with Gasteiger partial charge in [0.05, 0.1) is 10.8 Å². The van der Waals surface area contributed by atoms with E-state index >= 15 is 0 Å². The molecule has 1 amide bonds. The molecule has 1 aromatic carbocycles. The van der Waals surface area contributed by atoms with Crippen LogP contribution in [0.4, 0.5) is 5.69 Å². The van der Waals surface area contributed by atoms with Crippen molar-refractivity contribution in [2.75, 3.05) is 18.4 Å². The number of benzene rings is 1. The summed E-state index contributed by atoms with van der Waals surface area (Å²) in [6.45, 7) is 8.12. The number of nitrogens with one attached hydrogen (secondary N) is 1. The van der Waals surface area contributed by atoms with E-state index in [0.717, 1.165) is 25.7 Å². The lowest BCUT2D eigenvalue weighted by Gasteiger charge is -2.37. The summed E-state index contributed by atoms with van der Waals surface area (Å²) in [5, 5.41) is 2.88. The van der Waals surface area contributed by atoms with Crippen LogP contribution < -0.4 is 11.1 Å². The van der Waals surface area contributed by atoms with E-state index in [4.69, 9.17) is 5.73 Å². The number of nitrogens with zero attached hydrogens (tertiary/aromatic N) is 1. The van der Waals surface area contributed by atoms with Gasteiger partial charge in [0.1, 0.15) is 0 Å². The van der Waals surface area contributed by atoms with Gasteiger partial charge in [-0.2, -0.15) is 4.31 Å². The van der Waals surface area contributed by atoms with Gasteiger partial charge >= 0.3 is 0 Å². The largest absolute Gasteiger partial charge is 0.326 e. The molecule has 1 aromatic rings. The number of nitrogens with two attached hydrogens (primary N) is 1. The van der Waals surface area contributed by atoms with Gasteiger partial charge < -0.3 is 11.1 Å². The molecule has 0 aromatic heterocycles. The third kappa shape index (κ3) is 5.22. The van der Waals surface area contributed by atoms with Crippen LogP contribution in [0, 0.1) is 12.8 Å². The average Bonchev–Trinajstić information content (AvgIpc) is 2.56. The molecule has 27 heavy (non-hydrogen) atoms. The lowest BCUT2D eigenvalue weighted by molar-refractivity contribution is -0.122. The molecular formula is C19H32ClN3O3S. The Balaban J connectivity index is 0.00000364. The molecule has 0 spiro atoms. The molecule has 1 fully saturated rings. The van der Waals surface area contributed by atoms with Crippen LogP contribution in [-0.4, -0.2) is 37.3 Å². The predicted octanol–water partition coefficient (Wildman–Crippen LogP) is 3.29. The van der Waals surface area contributed by atoms with Crippen molar-refractivity contribution in [3.05, 3.63) is 23.8 Å². The maximum atomic E-state index is 12.9. The third-order valence-corrected chi connectivity index (χ3v) is 7.54. The molecule has 0 saturated heterocycles. The monoisotopic (exact) mass is 417 g/mol. The van der Waals surface area contributed by atoms with Crippen LogP contribution in [-0.2, 0) is 14.8 Å². The lowest BCUT2D eigenvalue weighted by atomic mass is 9.74. The van der Waals surface area contributed by atoms with Gasteiger partial charge in [0, 0.05) is 24.3 Å². The number of sulfonamides is 1. The number of halogens is 1. The highest BCUT2D eigenvalue weighted by Gasteiger charge is 2.37. The van der Waals surface area contributed by atoms with E-state index in [2.05, 4.69) is 5.32 Å². The fraction of sp³-hybridized carbons (Fsp3) is 0.632. The van der Waals surface area contributed by atoms with Crippen LogP contribution in [0.5, 0.6) is 0 Å². The van der Waals surface area contributed by atoms with Gasteiger partial charge in [0.2, 0.25) is 15.9 Å². The molecule has 0 heterocycles. The molecule has 1 aliphatic rings. The molecule has 154 valence electrons. The second-order valence-corrected chi connectivity index (χ2v) is 9.27. The number of amides is 1. The van der Waals surface area contributed by atoms with Crippen molar-refractivity contribution in [2.45, 2.75) is 63.8 Å². The number of anilines is 1. The third-order valence-electron chi connectivity index (χ3n) is 5.35. The summed E-state index contributed by atoms with van der Waals surface area (Å²) in [5.74, 6) is -0.398. The summed E-state index contributed by atoms with van der Waals surface area (Å²) in [6.07, 6.45) is 3.60. The van der Waals surface area contributed by atoms with Gasteiger partial charge in [-0.15, -0.1) is 12.4 Å². The molecule has 0 aliphatic heterocycles. The molecule has 3 N–H and O–H groups in total. The minimum Gasteiger partial charge on any atom is -0.326 e. The quantitative estimate of drug-likeness (QED) is 0.742. The van der Waals surface area contributed by atoms with Crippen molar-refractivity contribution in [3.63, 3.8) is 0 Å². The van der Waals surface area contributed by atoms with Gasteiger partial charge in [0.25, 0.3) is 0 Å². The molecule has 6 nitrogen and oxygen atoms in total. The van der Waals surface area contributed by atoms with Crippen LogP contribution in [0.2, 0.25) is 0 Å². The van der Waals surface area contributed by atoms with E-state index < -0.39 is 15.6 Å². The predicted molar refractivity (Wildman–Crippen MR) is 112 cm³/mol. The summed E-state index contributed by atoms with van der Waals surface area (Å²) in [7, 11) is -3.58. The first kappa shape index (κ1) is 23.9. The molecule has 8 heteroatoms. The Kier molecular flexibility index (Phi) is 8.29. The van der Waals surface area contributed by atoms with Gasteiger partial charge in [-0.3, -0.25) is 4.79 Å². The molecule has 0 radical (unpaired) electrons. The Bertz CT molecular complexity index is 761. The normalized spacial score (nSPS) is 23.0. The summed E-state index contributed by atoms with van der Waals surface area (Å²) >= 11 is 0. The van der Waals surface area contributed by atoms with E-state index in [1.54, 1.807) is 25.1 Å². The van der Waals surface area contributed by atoms with Gasteiger partial charge in [-0.05, 0) is 44.4 Å². The first-order valence-electron chi connectivity index (χ1n) is 9.34. The molecule has 0 bridgehead atoms. The van der Waals surface area contributed by atoms with Crippen LogP contribution in [0.15, 0.2) is 23.1 Å². The molecule has 2 rings (SSSR count). The van der Waals surface area contributed by atoms with Crippen LogP contribution in [0.1, 0.15) is 52.0 Å². The zero-order valence-corrected chi connectivity index (χ0v) is 18.3. The molecule has 1 saturated carbocycles. The summed E-state index contributed by atoms with van der Waals surface area (Å²) in [4.78, 5) is 13.0. The maximum absolute atomic E-state index is 12.9. The van der Waals surface area contributed by atoms with Crippen molar-refractivity contribution < 1.29 is 13.2 Å². The fourth-order valence-electron chi connectivity index (χ4n) is 3.68. The summed E-state index contributed by atoms with van der Waals surface area (Å²) < 4.78 is 27.1. The van der Waals surface area contributed by atoms with E-state index in [9.17, 15) is 13.2 Å². The molecule has 1 aliphatic carbocycles. The number of carbonyl (C=O) groups excluding carboxylic acids is 1. The lowest BCUT2D eigenvalue weighted by Crippen LogP contribution is -2.51. The van der Waals surface area contributed by atoms with E-state index in [0.29, 0.717) is 24.3 Å². The van der Waals surface area contributed by atoms with Gasteiger partial charge in [-0.25, -0.2) is 8.42 Å². The number of hydrogen-bond donors (Lipinski definition) is 2. The summed E-state index contributed by atoms with van der Waals surface area (Å²) in [6, 6.07) is 5.03. The van der Waals surface area contributed by atoms with Crippen molar-refractivity contribution in [1.29, 1.82) is 0 Å². The van der Waals surface area contributed by atoms with Gasteiger partial charge in [0.15, 0.2) is 0 Å². The van der Waals surface area contributed by atoms with Gasteiger partial charge in [-0.1, -0.05) is 32.8 Å².